The number of fused-ring (bicyclic) bond motifs is 1. The average molecular weight is 245 g/mol. The van der Waals surface area contributed by atoms with Crippen molar-refractivity contribution in [1.82, 2.24) is 0 Å². The maximum Gasteiger partial charge on any atom is 0.152 e. The van der Waals surface area contributed by atoms with Gasteiger partial charge in [-0.2, -0.15) is 0 Å². The molecule has 0 fully saturated rings. The van der Waals surface area contributed by atoms with E-state index in [-0.39, 0.29) is 0 Å². The Hall–Kier alpha value is -0.380. The Bertz CT molecular complexity index is 464. The molecule has 0 spiro atoms. The lowest BCUT2D eigenvalue weighted by Crippen LogP contribution is -1.90. The third kappa shape index (κ3) is 1.60. The molecule has 1 heterocycles. The van der Waals surface area contributed by atoms with Crippen molar-refractivity contribution in [3.63, 3.8) is 0 Å². The Morgan fingerprint density at radius 2 is 2.29 bits per heavy atom. The molecule has 0 aliphatic heterocycles. The topological polar surface area (TPSA) is 9.23 Å². The predicted molar refractivity (Wildman–Crippen MR) is 65.3 cm³/mol. The van der Waals surface area contributed by atoms with Gasteiger partial charge in [-0.05, 0) is 19.1 Å². The van der Waals surface area contributed by atoms with Crippen LogP contribution in [0.5, 0.6) is 5.75 Å². The van der Waals surface area contributed by atoms with Crippen molar-refractivity contribution in [3.8, 4) is 5.75 Å². The molecule has 2 aromatic rings. The first-order valence-corrected chi connectivity index (χ1v) is 5.91. The number of thiol groups is 1. The first-order valence-electron chi connectivity index (χ1n) is 4.26. The molecule has 0 saturated heterocycles. The Morgan fingerprint density at radius 1 is 1.50 bits per heavy atom. The minimum atomic E-state index is 0.630. The van der Waals surface area contributed by atoms with Gasteiger partial charge in [0, 0.05) is 4.70 Å². The molecule has 0 aliphatic rings. The molecule has 0 aliphatic carbocycles. The van der Waals surface area contributed by atoms with Crippen molar-refractivity contribution in [2.45, 2.75) is 11.1 Å². The second-order valence-corrected chi connectivity index (χ2v) is 4.99. The number of hydrogen-bond acceptors (Lipinski definition) is 3. The fraction of sp³-hybridized carbons (Fsp3) is 0.200. The van der Waals surface area contributed by atoms with Crippen molar-refractivity contribution in [3.05, 3.63) is 23.2 Å². The molecule has 0 unspecified atom stereocenters. The van der Waals surface area contributed by atoms with Crippen molar-refractivity contribution >= 4 is 45.7 Å². The molecule has 2 rings (SSSR count). The van der Waals surface area contributed by atoms with Crippen molar-refractivity contribution in [1.29, 1.82) is 0 Å². The van der Waals surface area contributed by atoms with Gasteiger partial charge < -0.3 is 4.74 Å². The average Bonchev–Trinajstić information content (AvgIpc) is 2.45. The molecule has 4 heteroatoms. The smallest absolute Gasteiger partial charge is 0.152 e. The van der Waals surface area contributed by atoms with E-state index in [1.54, 1.807) is 11.3 Å². The van der Waals surface area contributed by atoms with Crippen LogP contribution in [0.25, 0.3) is 10.1 Å². The van der Waals surface area contributed by atoms with Crippen LogP contribution in [0.1, 0.15) is 6.92 Å². The number of halogens is 1. The van der Waals surface area contributed by atoms with Gasteiger partial charge in [0.25, 0.3) is 0 Å². The van der Waals surface area contributed by atoms with Gasteiger partial charge in [-0.25, -0.2) is 0 Å². The minimum Gasteiger partial charge on any atom is -0.491 e. The second kappa shape index (κ2) is 4.01. The summed E-state index contributed by atoms with van der Waals surface area (Å²) in [7, 11) is 0. The van der Waals surface area contributed by atoms with E-state index in [1.807, 2.05) is 25.1 Å². The molecule has 0 radical (unpaired) electrons. The highest BCUT2D eigenvalue weighted by molar-refractivity contribution is 7.83. The van der Waals surface area contributed by atoms with E-state index in [9.17, 15) is 0 Å². The van der Waals surface area contributed by atoms with E-state index in [2.05, 4.69) is 12.6 Å². The van der Waals surface area contributed by atoms with Gasteiger partial charge in [-0.1, -0.05) is 17.7 Å². The Balaban J connectivity index is 2.73. The summed E-state index contributed by atoms with van der Waals surface area (Å²) in [5, 5.41) is 1.70. The summed E-state index contributed by atoms with van der Waals surface area (Å²) in [6.07, 6.45) is 0. The van der Waals surface area contributed by atoms with Gasteiger partial charge in [-0.15, -0.1) is 24.0 Å². The second-order valence-electron chi connectivity index (χ2n) is 2.78. The zero-order valence-corrected chi connectivity index (χ0v) is 10.0. The number of ether oxygens (including phenoxy) is 1. The van der Waals surface area contributed by atoms with Crippen LogP contribution in [0.15, 0.2) is 22.4 Å². The van der Waals surface area contributed by atoms with Crippen molar-refractivity contribution in [2.24, 2.45) is 0 Å². The van der Waals surface area contributed by atoms with Gasteiger partial charge in [0.15, 0.2) is 5.75 Å². The van der Waals surface area contributed by atoms with Crippen LogP contribution in [0, 0.1) is 0 Å². The normalized spacial score (nSPS) is 10.8. The van der Waals surface area contributed by atoms with Crippen molar-refractivity contribution in [2.75, 3.05) is 6.61 Å². The Kier molecular flexibility index (Phi) is 2.91. The lowest BCUT2D eigenvalue weighted by atomic mass is 10.2. The maximum absolute atomic E-state index is 6.10. The molecule has 0 atom stereocenters. The largest absolute Gasteiger partial charge is 0.491 e. The molecule has 0 saturated carbocycles. The number of rotatable bonds is 2. The Morgan fingerprint density at radius 3 is 3.00 bits per heavy atom. The van der Waals surface area contributed by atoms with Crippen LogP contribution in [-0.4, -0.2) is 6.61 Å². The highest BCUT2D eigenvalue weighted by atomic mass is 35.5. The van der Waals surface area contributed by atoms with E-state index in [4.69, 9.17) is 16.3 Å². The first-order chi connectivity index (χ1) is 6.74. The fourth-order valence-electron chi connectivity index (χ4n) is 1.35. The van der Waals surface area contributed by atoms with E-state index in [0.29, 0.717) is 6.61 Å². The predicted octanol–water partition coefficient (Wildman–Crippen LogP) is 4.24. The van der Waals surface area contributed by atoms with Crippen LogP contribution in [0.4, 0.5) is 0 Å². The molecule has 74 valence electrons. The van der Waals surface area contributed by atoms with Crippen LogP contribution in [-0.2, 0) is 0 Å². The quantitative estimate of drug-likeness (QED) is 0.778. The molecule has 1 aromatic heterocycles. The van der Waals surface area contributed by atoms with E-state index in [0.717, 1.165) is 25.1 Å². The van der Waals surface area contributed by atoms with E-state index < -0.39 is 0 Å². The molecule has 0 bridgehead atoms. The van der Waals surface area contributed by atoms with Gasteiger partial charge >= 0.3 is 0 Å². The van der Waals surface area contributed by atoms with E-state index in [1.165, 1.54) is 0 Å². The summed E-state index contributed by atoms with van der Waals surface area (Å²) in [6, 6.07) is 5.82. The van der Waals surface area contributed by atoms with E-state index >= 15 is 0 Å². The fourth-order valence-corrected chi connectivity index (χ4v) is 3.05. The monoisotopic (exact) mass is 244 g/mol. The third-order valence-corrected chi connectivity index (χ3v) is 3.62. The van der Waals surface area contributed by atoms with Gasteiger partial charge in [0.2, 0.25) is 0 Å². The summed E-state index contributed by atoms with van der Waals surface area (Å²) in [6.45, 7) is 2.58. The molecular weight excluding hydrogens is 236 g/mol. The van der Waals surface area contributed by atoms with Crippen LogP contribution >= 0.6 is 35.6 Å². The van der Waals surface area contributed by atoms with Crippen LogP contribution in [0.2, 0.25) is 5.02 Å². The highest BCUT2D eigenvalue weighted by Gasteiger charge is 2.12. The molecule has 0 N–H and O–H groups in total. The number of hydrogen-bond donors (Lipinski definition) is 1. The van der Waals surface area contributed by atoms with Gasteiger partial charge in [-0.3, -0.25) is 0 Å². The van der Waals surface area contributed by atoms with Gasteiger partial charge in [0.05, 0.1) is 17.0 Å². The summed E-state index contributed by atoms with van der Waals surface area (Å²) >= 11 is 12.1. The molecular formula is C10H9ClOS2. The molecule has 1 nitrogen and oxygen atoms in total. The lowest BCUT2D eigenvalue weighted by Gasteiger charge is -2.02. The summed E-state index contributed by atoms with van der Waals surface area (Å²) < 4.78 is 7.52. The highest BCUT2D eigenvalue weighted by Crippen LogP contribution is 2.43. The zero-order chi connectivity index (χ0) is 10.1. The summed E-state index contributed by atoms with van der Waals surface area (Å²) in [5.41, 5.74) is 0. The summed E-state index contributed by atoms with van der Waals surface area (Å²) in [5.74, 6) is 0.807. The minimum absolute atomic E-state index is 0.630. The van der Waals surface area contributed by atoms with Crippen LogP contribution < -0.4 is 4.74 Å². The SMILES string of the molecule is CCOc1c(S)sc2cccc(Cl)c12. The van der Waals surface area contributed by atoms with Crippen molar-refractivity contribution < 1.29 is 4.74 Å². The van der Waals surface area contributed by atoms with Gasteiger partial charge in [0.1, 0.15) is 4.21 Å². The first kappa shape index (κ1) is 10.1. The lowest BCUT2D eigenvalue weighted by molar-refractivity contribution is 0.339. The summed E-state index contributed by atoms with van der Waals surface area (Å²) in [4.78, 5) is 0. The molecule has 0 amide bonds. The maximum atomic E-state index is 6.10. The number of thiophene rings is 1. The molecule has 1 aromatic carbocycles. The number of benzene rings is 1. The Labute approximate surface area is 97.1 Å². The molecule has 14 heavy (non-hydrogen) atoms. The van der Waals surface area contributed by atoms with Crippen LogP contribution in [0.3, 0.4) is 0 Å². The standard InChI is InChI=1S/C10H9ClOS2/c1-2-12-9-8-6(11)4-3-5-7(8)14-10(9)13/h3-5,13H,2H2,1H3. The zero-order valence-electron chi connectivity index (χ0n) is 7.58. The third-order valence-electron chi connectivity index (χ3n) is 1.89.